The van der Waals surface area contributed by atoms with Crippen LogP contribution in [0.1, 0.15) is 25.7 Å². The molecular weight excluding hydrogens is 254 g/mol. The first-order chi connectivity index (χ1) is 9.70. The quantitative estimate of drug-likeness (QED) is 0.712. The molecule has 2 rings (SSSR count). The van der Waals surface area contributed by atoms with Crippen molar-refractivity contribution in [3.63, 3.8) is 0 Å². The van der Waals surface area contributed by atoms with Gasteiger partial charge in [0.15, 0.2) is 0 Å². The van der Waals surface area contributed by atoms with Crippen molar-refractivity contribution in [1.29, 1.82) is 0 Å². The van der Waals surface area contributed by atoms with Crippen LogP contribution in [-0.2, 0) is 4.79 Å². The number of amides is 1. The minimum atomic E-state index is -0.0484. The van der Waals surface area contributed by atoms with E-state index < -0.39 is 0 Å². The van der Waals surface area contributed by atoms with Crippen molar-refractivity contribution in [3.8, 4) is 0 Å². The standard InChI is InChI=1S/C15H23N3O2/c16-13-6-1-2-7-14(13)17-15(20)11-18-9-4-3-5-12(18)8-10-19/h1-2,6-7,12,19H,3-5,8-11,16H2,(H,17,20). The zero-order chi connectivity index (χ0) is 14.4. The number of nitrogens with zero attached hydrogens (tertiary/aromatic N) is 1. The van der Waals surface area contributed by atoms with E-state index in [1.165, 1.54) is 6.42 Å². The number of aliphatic hydroxyl groups is 1. The van der Waals surface area contributed by atoms with E-state index in [4.69, 9.17) is 10.8 Å². The molecule has 1 unspecified atom stereocenters. The summed E-state index contributed by atoms with van der Waals surface area (Å²) < 4.78 is 0. The molecule has 1 saturated heterocycles. The highest BCUT2D eigenvalue weighted by Crippen LogP contribution is 2.20. The topological polar surface area (TPSA) is 78.6 Å². The number of carbonyl (C=O) groups excluding carboxylic acids is 1. The molecule has 1 fully saturated rings. The van der Waals surface area contributed by atoms with E-state index in [0.717, 1.165) is 25.8 Å². The number of hydrogen-bond acceptors (Lipinski definition) is 4. The lowest BCUT2D eigenvalue weighted by atomic mass is 9.99. The molecule has 1 amide bonds. The number of rotatable bonds is 5. The van der Waals surface area contributed by atoms with Gasteiger partial charge in [-0.25, -0.2) is 0 Å². The molecule has 1 aliphatic rings. The molecule has 110 valence electrons. The summed E-state index contributed by atoms with van der Waals surface area (Å²) in [5.41, 5.74) is 7.05. The monoisotopic (exact) mass is 277 g/mol. The predicted molar refractivity (Wildman–Crippen MR) is 80.4 cm³/mol. The van der Waals surface area contributed by atoms with Gasteiger partial charge in [-0.1, -0.05) is 18.6 Å². The number of nitrogen functional groups attached to an aromatic ring is 1. The van der Waals surface area contributed by atoms with Crippen LogP contribution in [0.5, 0.6) is 0 Å². The first kappa shape index (κ1) is 14.8. The molecular formula is C15H23N3O2. The van der Waals surface area contributed by atoms with Crippen LogP contribution >= 0.6 is 0 Å². The van der Waals surface area contributed by atoms with E-state index in [9.17, 15) is 4.79 Å². The number of carbonyl (C=O) groups is 1. The predicted octanol–water partition coefficient (Wildman–Crippen LogP) is 1.44. The summed E-state index contributed by atoms with van der Waals surface area (Å²) in [4.78, 5) is 14.3. The van der Waals surface area contributed by atoms with Gasteiger partial charge < -0.3 is 16.2 Å². The number of nitrogens with two attached hydrogens (primary N) is 1. The van der Waals surface area contributed by atoms with Crippen LogP contribution in [-0.4, -0.2) is 41.7 Å². The number of likely N-dealkylation sites (tertiary alicyclic amines) is 1. The Morgan fingerprint density at radius 3 is 2.95 bits per heavy atom. The van der Waals surface area contributed by atoms with Gasteiger partial charge in [-0.05, 0) is 37.9 Å². The third kappa shape index (κ3) is 3.95. The molecule has 0 aliphatic carbocycles. The minimum absolute atomic E-state index is 0.0484. The summed E-state index contributed by atoms with van der Waals surface area (Å²) in [7, 11) is 0. The maximum absolute atomic E-state index is 12.1. The zero-order valence-electron chi connectivity index (χ0n) is 11.7. The van der Waals surface area contributed by atoms with E-state index >= 15 is 0 Å². The average molecular weight is 277 g/mol. The van der Waals surface area contributed by atoms with Crippen molar-refractivity contribution < 1.29 is 9.90 Å². The largest absolute Gasteiger partial charge is 0.397 e. The average Bonchev–Trinajstić information content (AvgIpc) is 2.44. The lowest BCUT2D eigenvalue weighted by molar-refractivity contribution is -0.118. The second kappa shape index (κ2) is 7.26. The molecule has 1 atom stereocenters. The van der Waals surface area contributed by atoms with Crippen LogP contribution in [0.25, 0.3) is 0 Å². The molecule has 4 N–H and O–H groups in total. The van der Waals surface area contributed by atoms with Gasteiger partial charge in [0.2, 0.25) is 5.91 Å². The van der Waals surface area contributed by atoms with Gasteiger partial charge in [0.25, 0.3) is 0 Å². The number of nitrogens with one attached hydrogen (secondary N) is 1. The van der Waals surface area contributed by atoms with Crippen molar-refractivity contribution in [3.05, 3.63) is 24.3 Å². The van der Waals surface area contributed by atoms with Gasteiger partial charge in [-0.15, -0.1) is 0 Å². The minimum Gasteiger partial charge on any atom is -0.397 e. The zero-order valence-corrected chi connectivity index (χ0v) is 11.7. The number of aliphatic hydroxyl groups excluding tert-OH is 1. The summed E-state index contributed by atoms with van der Waals surface area (Å²) in [6, 6.07) is 7.57. The van der Waals surface area contributed by atoms with Crippen LogP contribution in [0.3, 0.4) is 0 Å². The highest BCUT2D eigenvalue weighted by molar-refractivity contribution is 5.95. The lowest BCUT2D eigenvalue weighted by Crippen LogP contribution is -2.44. The molecule has 0 aromatic heterocycles. The molecule has 5 nitrogen and oxygen atoms in total. The third-order valence-electron chi connectivity index (χ3n) is 3.79. The van der Waals surface area contributed by atoms with Gasteiger partial charge in [0, 0.05) is 12.6 Å². The maximum atomic E-state index is 12.1. The van der Waals surface area contributed by atoms with E-state index in [0.29, 0.717) is 24.0 Å². The molecule has 0 radical (unpaired) electrons. The van der Waals surface area contributed by atoms with Crippen LogP contribution in [0.2, 0.25) is 0 Å². The fourth-order valence-corrected chi connectivity index (χ4v) is 2.73. The van der Waals surface area contributed by atoms with Crippen LogP contribution in [0, 0.1) is 0 Å². The molecule has 1 aliphatic heterocycles. The highest BCUT2D eigenvalue weighted by Gasteiger charge is 2.23. The lowest BCUT2D eigenvalue weighted by Gasteiger charge is -2.34. The first-order valence-electron chi connectivity index (χ1n) is 7.20. The Labute approximate surface area is 119 Å². The summed E-state index contributed by atoms with van der Waals surface area (Å²) in [6.07, 6.45) is 4.08. The van der Waals surface area contributed by atoms with Crippen molar-refractivity contribution in [2.24, 2.45) is 0 Å². The third-order valence-corrected chi connectivity index (χ3v) is 3.79. The number of benzene rings is 1. The molecule has 1 heterocycles. The summed E-state index contributed by atoms with van der Waals surface area (Å²) in [5, 5.41) is 12.0. The fraction of sp³-hybridized carbons (Fsp3) is 0.533. The highest BCUT2D eigenvalue weighted by atomic mass is 16.3. The summed E-state index contributed by atoms with van der Waals surface area (Å²) >= 11 is 0. The van der Waals surface area contributed by atoms with E-state index in [-0.39, 0.29) is 12.5 Å². The molecule has 0 spiro atoms. The Balaban J connectivity index is 1.91. The van der Waals surface area contributed by atoms with Gasteiger partial charge in [0.1, 0.15) is 0 Å². The van der Waals surface area contributed by atoms with Gasteiger partial charge in [-0.3, -0.25) is 9.69 Å². The Bertz CT molecular complexity index is 448. The normalized spacial score (nSPS) is 19.8. The van der Waals surface area contributed by atoms with Gasteiger partial charge in [0.05, 0.1) is 17.9 Å². The summed E-state index contributed by atoms with van der Waals surface area (Å²) in [5.74, 6) is -0.0484. The van der Waals surface area contributed by atoms with Crippen molar-refractivity contribution in [1.82, 2.24) is 4.90 Å². The Morgan fingerprint density at radius 1 is 1.40 bits per heavy atom. The Morgan fingerprint density at radius 2 is 2.20 bits per heavy atom. The van der Waals surface area contributed by atoms with Gasteiger partial charge >= 0.3 is 0 Å². The van der Waals surface area contributed by atoms with Crippen molar-refractivity contribution >= 4 is 17.3 Å². The van der Waals surface area contributed by atoms with E-state index in [1.54, 1.807) is 12.1 Å². The fourth-order valence-electron chi connectivity index (χ4n) is 2.73. The van der Waals surface area contributed by atoms with Crippen LogP contribution in [0.15, 0.2) is 24.3 Å². The number of para-hydroxylation sites is 2. The van der Waals surface area contributed by atoms with Crippen LogP contribution in [0.4, 0.5) is 11.4 Å². The molecule has 0 saturated carbocycles. The number of hydrogen-bond donors (Lipinski definition) is 3. The first-order valence-corrected chi connectivity index (χ1v) is 7.20. The summed E-state index contributed by atoms with van der Waals surface area (Å²) in [6.45, 7) is 1.45. The maximum Gasteiger partial charge on any atom is 0.238 e. The van der Waals surface area contributed by atoms with E-state index in [1.807, 2.05) is 12.1 Å². The smallest absolute Gasteiger partial charge is 0.238 e. The van der Waals surface area contributed by atoms with Gasteiger partial charge in [-0.2, -0.15) is 0 Å². The Kier molecular flexibility index (Phi) is 5.38. The molecule has 1 aromatic carbocycles. The number of anilines is 2. The molecule has 5 heteroatoms. The molecule has 0 bridgehead atoms. The molecule has 1 aromatic rings. The second-order valence-corrected chi connectivity index (χ2v) is 5.27. The van der Waals surface area contributed by atoms with Crippen molar-refractivity contribution in [2.45, 2.75) is 31.7 Å². The molecule has 20 heavy (non-hydrogen) atoms. The van der Waals surface area contributed by atoms with Crippen molar-refractivity contribution in [2.75, 3.05) is 30.7 Å². The Hall–Kier alpha value is -1.59. The van der Waals surface area contributed by atoms with E-state index in [2.05, 4.69) is 10.2 Å². The SMILES string of the molecule is Nc1ccccc1NC(=O)CN1CCCCC1CCO. The second-order valence-electron chi connectivity index (χ2n) is 5.27. The number of piperidine rings is 1. The van der Waals surface area contributed by atoms with Crippen LogP contribution < -0.4 is 11.1 Å².